The Hall–Kier alpha value is -1.64. The first-order chi connectivity index (χ1) is 11.0. The van der Waals surface area contributed by atoms with Gasteiger partial charge in [-0.15, -0.1) is 0 Å². The van der Waals surface area contributed by atoms with Gasteiger partial charge >= 0.3 is 0 Å². The standard InChI is InChI=1S/C21H29NO/c1-16(11-9-15-23)18-12-6-8-14-20(18)21(3,22-4)19-13-7-5-10-17(19)2/h5-8,10,12-14,16,22-23H,9,11,15H2,1-4H3/t16-,21-/m1/s1. The molecule has 0 aromatic heterocycles. The van der Waals surface area contributed by atoms with Crippen LogP contribution in [0.3, 0.4) is 0 Å². The van der Waals surface area contributed by atoms with Crippen molar-refractivity contribution in [2.45, 2.75) is 45.1 Å². The van der Waals surface area contributed by atoms with Gasteiger partial charge in [0.25, 0.3) is 0 Å². The Kier molecular flexibility index (Phi) is 5.97. The van der Waals surface area contributed by atoms with Gasteiger partial charge in [0.15, 0.2) is 0 Å². The van der Waals surface area contributed by atoms with Crippen LogP contribution in [0.25, 0.3) is 0 Å². The third kappa shape index (κ3) is 3.65. The molecule has 2 atom stereocenters. The molecule has 0 heterocycles. The molecular weight excluding hydrogens is 282 g/mol. The van der Waals surface area contributed by atoms with Crippen molar-refractivity contribution in [2.24, 2.45) is 0 Å². The largest absolute Gasteiger partial charge is 0.396 e. The Morgan fingerprint density at radius 1 is 1.04 bits per heavy atom. The van der Waals surface area contributed by atoms with E-state index in [0.717, 1.165) is 12.8 Å². The molecule has 0 spiro atoms. The second kappa shape index (κ2) is 7.76. The number of rotatable bonds is 7. The van der Waals surface area contributed by atoms with Crippen LogP contribution in [0.1, 0.15) is 54.9 Å². The van der Waals surface area contributed by atoms with Crippen molar-refractivity contribution in [3.8, 4) is 0 Å². The molecule has 2 rings (SSSR count). The number of benzene rings is 2. The van der Waals surface area contributed by atoms with Crippen LogP contribution in [-0.4, -0.2) is 18.8 Å². The second-order valence-electron chi connectivity index (χ2n) is 6.54. The molecule has 0 aliphatic heterocycles. The molecule has 0 radical (unpaired) electrons. The van der Waals surface area contributed by atoms with Gasteiger partial charge in [-0.2, -0.15) is 0 Å². The number of aryl methyl sites for hydroxylation is 1. The number of nitrogens with one attached hydrogen (secondary N) is 1. The number of hydrogen-bond acceptors (Lipinski definition) is 2. The summed E-state index contributed by atoms with van der Waals surface area (Å²) in [6, 6.07) is 17.3. The van der Waals surface area contributed by atoms with Gasteiger partial charge in [0.05, 0.1) is 5.54 Å². The summed E-state index contributed by atoms with van der Waals surface area (Å²) < 4.78 is 0. The summed E-state index contributed by atoms with van der Waals surface area (Å²) in [7, 11) is 2.03. The van der Waals surface area contributed by atoms with Gasteiger partial charge in [0, 0.05) is 6.61 Å². The number of hydrogen-bond donors (Lipinski definition) is 2. The first-order valence-electron chi connectivity index (χ1n) is 8.50. The lowest BCUT2D eigenvalue weighted by Gasteiger charge is -2.35. The molecule has 0 saturated heterocycles. The average Bonchev–Trinajstić information content (AvgIpc) is 2.59. The van der Waals surface area contributed by atoms with Crippen molar-refractivity contribution in [3.63, 3.8) is 0 Å². The molecule has 2 nitrogen and oxygen atoms in total. The van der Waals surface area contributed by atoms with Crippen LogP contribution in [0, 0.1) is 6.92 Å². The predicted octanol–water partition coefficient (Wildman–Crippen LogP) is 4.35. The van der Waals surface area contributed by atoms with E-state index in [2.05, 4.69) is 74.6 Å². The highest BCUT2D eigenvalue weighted by Crippen LogP contribution is 2.36. The van der Waals surface area contributed by atoms with Crippen LogP contribution in [0.4, 0.5) is 0 Å². The molecule has 2 aromatic rings. The van der Waals surface area contributed by atoms with Crippen molar-refractivity contribution < 1.29 is 5.11 Å². The molecule has 0 aliphatic rings. The fourth-order valence-corrected chi connectivity index (χ4v) is 3.48. The van der Waals surface area contributed by atoms with Crippen molar-refractivity contribution >= 4 is 0 Å². The second-order valence-corrected chi connectivity index (χ2v) is 6.54. The zero-order chi connectivity index (χ0) is 16.9. The van der Waals surface area contributed by atoms with E-state index < -0.39 is 0 Å². The number of aliphatic hydroxyl groups is 1. The predicted molar refractivity (Wildman–Crippen MR) is 97.9 cm³/mol. The Morgan fingerprint density at radius 3 is 2.26 bits per heavy atom. The van der Waals surface area contributed by atoms with Gasteiger partial charge in [-0.1, -0.05) is 55.5 Å². The van der Waals surface area contributed by atoms with E-state index in [1.807, 2.05) is 7.05 Å². The summed E-state index contributed by atoms with van der Waals surface area (Å²) in [4.78, 5) is 0. The quantitative estimate of drug-likeness (QED) is 0.796. The SMILES string of the molecule is CN[C@](C)(c1ccccc1C)c1ccccc1[C@H](C)CCCO. The number of aliphatic hydroxyl groups excluding tert-OH is 1. The molecule has 2 aromatic carbocycles. The fraction of sp³-hybridized carbons (Fsp3) is 0.429. The first kappa shape index (κ1) is 17.7. The molecular formula is C21H29NO. The maximum atomic E-state index is 9.14. The van der Waals surface area contributed by atoms with Crippen molar-refractivity contribution in [2.75, 3.05) is 13.7 Å². The minimum Gasteiger partial charge on any atom is -0.396 e. The van der Waals surface area contributed by atoms with Gasteiger partial charge in [-0.05, 0) is 61.9 Å². The summed E-state index contributed by atoms with van der Waals surface area (Å²) >= 11 is 0. The summed E-state index contributed by atoms with van der Waals surface area (Å²) in [5, 5.41) is 12.7. The lowest BCUT2D eigenvalue weighted by molar-refractivity contribution is 0.280. The molecule has 2 heteroatoms. The molecule has 0 aliphatic carbocycles. The smallest absolute Gasteiger partial charge is 0.0664 e. The van der Waals surface area contributed by atoms with Crippen LogP contribution in [0.15, 0.2) is 48.5 Å². The van der Waals surface area contributed by atoms with E-state index in [4.69, 9.17) is 5.11 Å². The summed E-state index contributed by atoms with van der Waals surface area (Å²) in [6.45, 7) is 6.94. The zero-order valence-corrected chi connectivity index (χ0v) is 14.8. The minimum atomic E-state index is -0.227. The summed E-state index contributed by atoms with van der Waals surface area (Å²) in [5.41, 5.74) is 5.06. The highest BCUT2D eigenvalue weighted by atomic mass is 16.2. The van der Waals surface area contributed by atoms with Gasteiger partial charge in [-0.25, -0.2) is 0 Å². The molecule has 124 valence electrons. The van der Waals surface area contributed by atoms with E-state index in [1.54, 1.807) is 0 Å². The molecule has 0 bridgehead atoms. The van der Waals surface area contributed by atoms with E-state index in [1.165, 1.54) is 22.3 Å². The Morgan fingerprint density at radius 2 is 1.65 bits per heavy atom. The Labute approximate surface area is 140 Å². The minimum absolute atomic E-state index is 0.227. The molecule has 0 unspecified atom stereocenters. The topological polar surface area (TPSA) is 32.3 Å². The summed E-state index contributed by atoms with van der Waals surface area (Å²) in [5.74, 6) is 0.426. The van der Waals surface area contributed by atoms with Crippen LogP contribution in [0.2, 0.25) is 0 Å². The lowest BCUT2D eigenvalue weighted by atomic mass is 9.77. The maximum Gasteiger partial charge on any atom is 0.0664 e. The van der Waals surface area contributed by atoms with E-state index >= 15 is 0 Å². The van der Waals surface area contributed by atoms with Crippen LogP contribution in [-0.2, 0) is 5.54 Å². The fourth-order valence-electron chi connectivity index (χ4n) is 3.48. The van der Waals surface area contributed by atoms with Crippen LogP contribution >= 0.6 is 0 Å². The van der Waals surface area contributed by atoms with Crippen molar-refractivity contribution in [1.29, 1.82) is 0 Å². The Bertz CT molecular complexity index is 637. The molecule has 0 saturated carbocycles. The van der Waals surface area contributed by atoms with Gasteiger partial charge in [0.2, 0.25) is 0 Å². The van der Waals surface area contributed by atoms with E-state index in [0.29, 0.717) is 5.92 Å². The van der Waals surface area contributed by atoms with Crippen molar-refractivity contribution in [1.82, 2.24) is 5.32 Å². The maximum absolute atomic E-state index is 9.14. The zero-order valence-electron chi connectivity index (χ0n) is 14.8. The normalized spacial score (nSPS) is 15.2. The van der Waals surface area contributed by atoms with E-state index in [-0.39, 0.29) is 12.1 Å². The highest BCUT2D eigenvalue weighted by molar-refractivity contribution is 5.46. The Balaban J connectivity index is 2.52. The van der Waals surface area contributed by atoms with Gasteiger partial charge in [0.1, 0.15) is 0 Å². The molecule has 2 N–H and O–H groups in total. The van der Waals surface area contributed by atoms with Gasteiger partial charge < -0.3 is 10.4 Å². The first-order valence-corrected chi connectivity index (χ1v) is 8.50. The lowest BCUT2D eigenvalue weighted by Crippen LogP contribution is -2.39. The van der Waals surface area contributed by atoms with Crippen LogP contribution in [0.5, 0.6) is 0 Å². The summed E-state index contributed by atoms with van der Waals surface area (Å²) in [6.07, 6.45) is 1.84. The molecule has 0 fully saturated rings. The van der Waals surface area contributed by atoms with E-state index in [9.17, 15) is 0 Å². The van der Waals surface area contributed by atoms with Crippen molar-refractivity contribution in [3.05, 3.63) is 70.8 Å². The van der Waals surface area contributed by atoms with Crippen LogP contribution < -0.4 is 5.32 Å². The van der Waals surface area contributed by atoms with Gasteiger partial charge in [-0.3, -0.25) is 0 Å². The third-order valence-electron chi connectivity index (χ3n) is 5.01. The average molecular weight is 311 g/mol. The molecule has 23 heavy (non-hydrogen) atoms. The monoisotopic (exact) mass is 311 g/mol. The third-order valence-corrected chi connectivity index (χ3v) is 5.01. The highest BCUT2D eigenvalue weighted by Gasteiger charge is 2.31. The molecule has 0 amide bonds.